The first kappa shape index (κ1) is 23.2. The second-order valence-corrected chi connectivity index (χ2v) is 9.09. The van der Waals surface area contributed by atoms with Crippen LogP contribution in [-0.2, 0) is 27.5 Å². The Morgan fingerprint density at radius 3 is 2.32 bits per heavy atom. The first-order valence-electron chi connectivity index (χ1n) is 8.90. The van der Waals surface area contributed by atoms with Crippen LogP contribution < -0.4 is 5.56 Å². The Morgan fingerprint density at radius 1 is 1.10 bits per heavy atom. The van der Waals surface area contributed by atoms with Crippen LogP contribution in [0.25, 0.3) is 0 Å². The van der Waals surface area contributed by atoms with E-state index in [0.717, 1.165) is 16.4 Å². The number of benzene rings is 1. The summed E-state index contributed by atoms with van der Waals surface area (Å²) in [5, 5.41) is -0.673. The molecule has 0 spiro atoms. The third-order valence-electron chi connectivity index (χ3n) is 4.70. The minimum absolute atomic E-state index is 0.0468. The molecule has 0 unspecified atom stereocenters. The smallest absolute Gasteiger partial charge is 0.339 e. The van der Waals surface area contributed by atoms with Gasteiger partial charge in [-0.25, -0.2) is 12.8 Å². The summed E-state index contributed by atoms with van der Waals surface area (Å²) in [6.45, 7) is -0.964. The Labute approximate surface area is 179 Å². The molecule has 3 rings (SSSR count). The number of hydrogen-bond donors (Lipinski definition) is 0. The summed E-state index contributed by atoms with van der Waals surface area (Å²) >= 11 is 5.57. The van der Waals surface area contributed by atoms with Crippen molar-refractivity contribution in [2.45, 2.75) is 17.6 Å². The number of sulfonamides is 1. The monoisotopic (exact) mass is 481 g/mol. The van der Waals surface area contributed by atoms with Crippen molar-refractivity contribution in [3.63, 3.8) is 0 Å². The second kappa shape index (κ2) is 8.60. The van der Waals surface area contributed by atoms with Crippen LogP contribution in [0.2, 0.25) is 5.02 Å². The number of nitrogens with zero attached hydrogens (tertiary/aromatic N) is 3. The molecule has 1 saturated heterocycles. The third-order valence-corrected chi connectivity index (χ3v) is 6.87. The highest BCUT2D eigenvalue weighted by molar-refractivity contribution is 7.89. The molecule has 31 heavy (non-hydrogen) atoms. The van der Waals surface area contributed by atoms with Gasteiger partial charge in [0.05, 0.1) is 10.5 Å². The van der Waals surface area contributed by atoms with Gasteiger partial charge in [0.15, 0.2) is 0 Å². The van der Waals surface area contributed by atoms with Crippen LogP contribution in [0.15, 0.2) is 46.2 Å². The first-order chi connectivity index (χ1) is 14.4. The molecule has 0 saturated carbocycles. The number of hydrogen-bond acceptors (Lipinski definition) is 4. The fourth-order valence-electron chi connectivity index (χ4n) is 3.07. The maximum atomic E-state index is 13.4. The predicted octanol–water partition coefficient (Wildman–Crippen LogP) is 2.19. The predicted molar refractivity (Wildman–Crippen MR) is 102 cm³/mol. The van der Waals surface area contributed by atoms with Crippen LogP contribution in [0.1, 0.15) is 5.56 Å². The van der Waals surface area contributed by atoms with Gasteiger partial charge in [-0.3, -0.25) is 9.59 Å². The average Bonchev–Trinajstić information content (AvgIpc) is 2.70. The van der Waals surface area contributed by atoms with Gasteiger partial charge in [0.2, 0.25) is 15.9 Å². The molecule has 13 heteroatoms. The summed E-state index contributed by atoms with van der Waals surface area (Å²) in [5.41, 5.74) is -2.12. The standard InChI is InChI=1S/C18H16ClF4N3O4S/c19-15-8-12(18(21,22)23)10-25(17(15)28)11-16(27)24-4-6-26(7-5-24)31(29,30)14-3-1-2-13(20)9-14/h1-3,8-10H,4-7,11H2. The Kier molecular flexibility index (Phi) is 6.44. The zero-order chi connectivity index (χ0) is 23.0. The summed E-state index contributed by atoms with van der Waals surface area (Å²) in [7, 11) is -3.97. The molecule has 0 N–H and O–H groups in total. The molecule has 0 aliphatic carbocycles. The molecule has 1 amide bonds. The van der Waals surface area contributed by atoms with Gasteiger partial charge in [0.25, 0.3) is 5.56 Å². The van der Waals surface area contributed by atoms with E-state index in [2.05, 4.69) is 0 Å². The van der Waals surface area contributed by atoms with Gasteiger partial charge in [0, 0.05) is 32.4 Å². The summed E-state index contributed by atoms with van der Waals surface area (Å²) < 4.78 is 79.0. The highest BCUT2D eigenvalue weighted by Gasteiger charge is 2.33. The largest absolute Gasteiger partial charge is 0.417 e. The lowest BCUT2D eigenvalue weighted by Gasteiger charge is -2.34. The number of carbonyl (C=O) groups is 1. The van der Waals surface area contributed by atoms with Gasteiger partial charge < -0.3 is 9.47 Å². The molecule has 0 atom stereocenters. The fourth-order valence-corrected chi connectivity index (χ4v) is 4.75. The molecule has 0 radical (unpaired) electrons. The second-order valence-electron chi connectivity index (χ2n) is 6.75. The van der Waals surface area contributed by atoms with Gasteiger partial charge in [-0.05, 0) is 24.3 Å². The number of aromatic nitrogens is 1. The number of alkyl halides is 3. The zero-order valence-electron chi connectivity index (χ0n) is 15.8. The molecular weight excluding hydrogens is 466 g/mol. The molecule has 7 nitrogen and oxygen atoms in total. The van der Waals surface area contributed by atoms with E-state index in [9.17, 15) is 35.6 Å². The molecular formula is C18H16ClF4N3O4S. The first-order valence-corrected chi connectivity index (χ1v) is 10.7. The topological polar surface area (TPSA) is 79.7 Å². The van der Waals surface area contributed by atoms with E-state index in [1.807, 2.05) is 0 Å². The van der Waals surface area contributed by atoms with Gasteiger partial charge in [-0.15, -0.1) is 0 Å². The van der Waals surface area contributed by atoms with E-state index >= 15 is 0 Å². The molecule has 168 valence electrons. The zero-order valence-corrected chi connectivity index (χ0v) is 17.3. The normalized spacial score (nSPS) is 15.8. The SMILES string of the molecule is O=C(Cn1cc(C(F)(F)F)cc(Cl)c1=O)N1CCN(S(=O)(=O)c2cccc(F)c2)CC1. The van der Waals surface area contributed by atoms with Crippen molar-refractivity contribution in [3.05, 3.63) is 63.3 Å². The van der Waals surface area contributed by atoms with Crippen molar-refractivity contribution >= 4 is 27.5 Å². The van der Waals surface area contributed by atoms with Crippen LogP contribution in [0.5, 0.6) is 0 Å². The molecule has 1 aromatic carbocycles. The van der Waals surface area contributed by atoms with Crippen LogP contribution in [0.3, 0.4) is 0 Å². The molecule has 0 bridgehead atoms. The minimum Gasteiger partial charge on any atom is -0.339 e. The van der Waals surface area contributed by atoms with Crippen molar-refractivity contribution in [1.29, 1.82) is 0 Å². The number of carbonyl (C=O) groups excluding carboxylic acids is 1. The van der Waals surface area contributed by atoms with Crippen molar-refractivity contribution in [1.82, 2.24) is 13.8 Å². The molecule has 2 aromatic rings. The van der Waals surface area contributed by atoms with E-state index in [-0.39, 0.29) is 31.1 Å². The van der Waals surface area contributed by atoms with Gasteiger partial charge >= 0.3 is 6.18 Å². The van der Waals surface area contributed by atoms with Gasteiger partial charge in [0.1, 0.15) is 17.4 Å². The highest BCUT2D eigenvalue weighted by Crippen LogP contribution is 2.29. The van der Waals surface area contributed by atoms with Crippen molar-refractivity contribution in [2.24, 2.45) is 0 Å². The minimum atomic E-state index is -4.75. The number of pyridine rings is 1. The Morgan fingerprint density at radius 2 is 1.74 bits per heavy atom. The summed E-state index contributed by atoms with van der Waals surface area (Å²) in [6.07, 6.45) is -4.24. The molecule has 1 aromatic heterocycles. The lowest BCUT2D eigenvalue weighted by molar-refractivity contribution is -0.139. The van der Waals surface area contributed by atoms with Crippen LogP contribution in [0.4, 0.5) is 17.6 Å². The Bertz CT molecular complexity index is 1160. The third kappa shape index (κ3) is 5.08. The van der Waals surface area contributed by atoms with Crippen LogP contribution in [-0.4, -0.2) is 54.3 Å². The number of piperazine rings is 1. The van der Waals surface area contributed by atoms with E-state index in [1.165, 1.54) is 17.0 Å². The lowest BCUT2D eigenvalue weighted by atomic mass is 10.2. The number of amides is 1. The van der Waals surface area contributed by atoms with Crippen molar-refractivity contribution in [3.8, 4) is 0 Å². The lowest BCUT2D eigenvalue weighted by Crippen LogP contribution is -2.51. The summed E-state index contributed by atoms with van der Waals surface area (Å²) in [5.74, 6) is -1.37. The highest BCUT2D eigenvalue weighted by atomic mass is 35.5. The van der Waals surface area contributed by atoms with Crippen LogP contribution in [0, 0.1) is 5.82 Å². The number of halogens is 5. The average molecular weight is 482 g/mol. The molecule has 1 aliphatic heterocycles. The Balaban J connectivity index is 1.70. The van der Waals surface area contributed by atoms with Gasteiger partial charge in [-0.1, -0.05) is 17.7 Å². The van der Waals surface area contributed by atoms with Gasteiger partial charge in [-0.2, -0.15) is 17.5 Å². The van der Waals surface area contributed by atoms with E-state index in [0.29, 0.717) is 16.8 Å². The maximum Gasteiger partial charge on any atom is 0.417 e. The quantitative estimate of drug-likeness (QED) is 0.627. The van der Waals surface area contributed by atoms with Crippen molar-refractivity contribution < 1.29 is 30.8 Å². The van der Waals surface area contributed by atoms with Crippen molar-refractivity contribution in [2.75, 3.05) is 26.2 Å². The number of rotatable bonds is 4. The van der Waals surface area contributed by atoms with E-state index in [4.69, 9.17) is 11.6 Å². The van der Waals surface area contributed by atoms with Crippen LogP contribution >= 0.6 is 11.6 Å². The maximum absolute atomic E-state index is 13.4. The van der Waals surface area contributed by atoms with E-state index < -0.39 is 50.6 Å². The molecule has 1 aliphatic rings. The Hall–Kier alpha value is -2.44. The summed E-state index contributed by atoms with van der Waals surface area (Å²) in [6, 6.07) is 4.99. The fraction of sp³-hybridized carbons (Fsp3) is 0.333. The summed E-state index contributed by atoms with van der Waals surface area (Å²) in [4.78, 5) is 25.5. The van der Waals surface area contributed by atoms with E-state index in [1.54, 1.807) is 0 Å². The molecule has 1 fully saturated rings. The molecule has 2 heterocycles.